The molecule has 0 rings (SSSR count). The summed E-state index contributed by atoms with van der Waals surface area (Å²) in [6, 6.07) is 0. The summed E-state index contributed by atoms with van der Waals surface area (Å²) in [6.07, 6.45) is 0. The van der Waals surface area contributed by atoms with E-state index in [1.54, 1.807) is 11.8 Å². The predicted octanol–water partition coefficient (Wildman–Crippen LogP) is -0.473. The third kappa shape index (κ3) is 8.89. The van der Waals surface area contributed by atoms with E-state index in [1.165, 1.54) is 0 Å². The van der Waals surface area contributed by atoms with E-state index in [2.05, 4.69) is 17.4 Å². The van der Waals surface area contributed by atoms with Gasteiger partial charge in [0.1, 0.15) is 0 Å². The van der Waals surface area contributed by atoms with Crippen LogP contribution in [0.1, 0.15) is 0 Å². The molecule has 0 saturated carbocycles. The number of thiol groups is 1. The summed E-state index contributed by atoms with van der Waals surface area (Å²) in [6.45, 7) is 0.655. The predicted molar refractivity (Wildman–Crippen MR) is 62.0 cm³/mol. The lowest BCUT2D eigenvalue weighted by molar-refractivity contribution is 0.584. The van der Waals surface area contributed by atoms with Crippen molar-refractivity contribution in [1.29, 1.82) is 0 Å². The first-order valence-electron chi connectivity index (χ1n) is 3.98. The quantitative estimate of drug-likeness (QED) is 0.399. The molecule has 13 heavy (non-hydrogen) atoms. The van der Waals surface area contributed by atoms with Gasteiger partial charge < -0.3 is 5.73 Å². The molecule has 0 aliphatic carbocycles. The maximum absolute atomic E-state index is 11.2. The lowest BCUT2D eigenvalue weighted by Crippen LogP contribution is -2.31. The molecule has 7 heteroatoms. The molecular weight excluding hydrogens is 228 g/mol. The van der Waals surface area contributed by atoms with E-state index in [4.69, 9.17) is 5.73 Å². The molecule has 0 aromatic carbocycles. The topological polar surface area (TPSA) is 72.2 Å². The standard InChI is InChI=1S/C6H16N2O2S3/c7-1-2-8-13(9,10)6-5-12-4-3-11/h8,11H,1-7H2. The molecule has 0 fully saturated rings. The van der Waals surface area contributed by atoms with Crippen LogP contribution in [-0.4, -0.2) is 44.5 Å². The molecule has 0 bridgehead atoms. The van der Waals surface area contributed by atoms with Crippen molar-refractivity contribution in [2.75, 3.05) is 36.1 Å². The Labute approximate surface area is 89.5 Å². The average Bonchev–Trinajstić information content (AvgIpc) is 2.09. The van der Waals surface area contributed by atoms with Crippen molar-refractivity contribution in [2.24, 2.45) is 5.73 Å². The minimum atomic E-state index is -3.10. The monoisotopic (exact) mass is 244 g/mol. The number of rotatable bonds is 8. The van der Waals surface area contributed by atoms with Gasteiger partial charge in [-0.3, -0.25) is 0 Å². The van der Waals surface area contributed by atoms with Crippen LogP contribution in [0.2, 0.25) is 0 Å². The number of sulfonamides is 1. The fraction of sp³-hybridized carbons (Fsp3) is 1.00. The van der Waals surface area contributed by atoms with Crippen molar-refractivity contribution >= 4 is 34.4 Å². The second-order valence-corrected chi connectivity index (χ2v) is 5.94. The van der Waals surface area contributed by atoms with Gasteiger partial charge in [-0.15, -0.1) is 0 Å². The van der Waals surface area contributed by atoms with Crippen LogP contribution in [0.3, 0.4) is 0 Å². The van der Waals surface area contributed by atoms with Crippen LogP contribution in [0.4, 0.5) is 0 Å². The van der Waals surface area contributed by atoms with Crippen molar-refractivity contribution in [3.05, 3.63) is 0 Å². The van der Waals surface area contributed by atoms with E-state index in [0.717, 1.165) is 11.5 Å². The van der Waals surface area contributed by atoms with Crippen LogP contribution < -0.4 is 10.5 Å². The molecule has 0 aromatic rings. The van der Waals surface area contributed by atoms with Gasteiger partial charge in [0.2, 0.25) is 10.0 Å². The second-order valence-electron chi connectivity index (χ2n) is 2.34. The van der Waals surface area contributed by atoms with E-state index in [1.807, 2.05) is 0 Å². The summed E-state index contributed by atoms with van der Waals surface area (Å²) in [5.74, 6) is 2.43. The lowest BCUT2D eigenvalue weighted by atomic mass is 10.7. The van der Waals surface area contributed by atoms with Gasteiger partial charge in [0.05, 0.1) is 5.75 Å². The van der Waals surface area contributed by atoms with Gasteiger partial charge in [0, 0.05) is 24.6 Å². The molecule has 0 spiro atoms. The SMILES string of the molecule is NCCNS(=O)(=O)CCSCCS. The van der Waals surface area contributed by atoms with Crippen molar-refractivity contribution < 1.29 is 8.42 Å². The Morgan fingerprint density at radius 3 is 2.62 bits per heavy atom. The van der Waals surface area contributed by atoms with Gasteiger partial charge in [-0.25, -0.2) is 13.1 Å². The minimum Gasteiger partial charge on any atom is -0.329 e. The number of hydrogen-bond acceptors (Lipinski definition) is 5. The first kappa shape index (κ1) is 13.6. The van der Waals surface area contributed by atoms with Crippen LogP contribution in [-0.2, 0) is 10.0 Å². The Hall–Kier alpha value is 0.570. The molecule has 0 unspecified atom stereocenters. The van der Waals surface area contributed by atoms with Crippen LogP contribution in [0, 0.1) is 0 Å². The normalized spacial score (nSPS) is 11.8. The van der Waals surface area contributed by atoms with Crippen molar-refractivity contribution in [2.45, 2.75) is 0 Å². The molecule has 80 valence electrons. The Kier molecular flexibility index (Phi) is 8.27. The number of nitrogens with one attached hydrogen (secondary N) is 1. The summed E-state index contributed by atoms with van der Waals surface area (Å²) < 4.78 is 24.7. The fourth-order valence-corrected chi connectivity index (χ4v) is 3.26. The van der Waals surface area contributed by atoms with E-state index >= 15 is 0 Å². The lowest BCUT2D eigenvalue weighted by Gasteiger charge is -2.04. The van der Waals surface area contributed by atoms with Crippen LogP contribution in [0.25, 0.3) is 0 Å². The molecule has 0 radical (unpaired) electrons. The molecule has 0 heterocycles. The summed E-state index contributed by atoms with van der Waals surface area (Å²) in [7, 11) is -3.10. The largest absolute Gasteiger partial charge is 0.329 e. The minimum absolute atomic E-state index is 0.158. The molecule has 0 saturated heterocycles. The highest BCUT2D eigenvalue weighted by atomic mass is 32.2. The first-order chi connectivity index (χ1) is 6.12. The summed E-state index contributed by atoms with van der Waals surface area (Å²) >= 11 is 5.61. The van der Waals surface area contributed by atoms with Gasteiger partial charge >= 0.3 is 0 Å². The Morgan fingerprint density at radius 2 is 2.08 bits per heavy atom. The van der Waals surface area contributed by atoms with Gasteiger partial charge in [-0.1, -0.05) is 0 Å². The number of nitrogens with two attached hydrogens (primary N) is 1. The maximum Gasteiger partial charge on any atom is 0.212 e. The molecule has 0 amide bonds. The molecule has 0 aromatic heterocycles. The zero-order valence-electron chi connectivity index (χ0n) is 7.40. The summed E-state index contributed by atoms with van der Waals surface area (Å²) in [5.41, 5.74) is 5.17. The highest BCUT2D eigenvalue weighted by Gasteiger charge is 2.07. The van der Waals surface area contributed by atoms with Gasteiger partial charge in [-0.2, -0.15) is 24.4 Å². The zero-order valence-corrected chi connectivity index (χ0v) is 9.93. The van der Waals surface area contributed by atoms with E-state index < -0.39 is 10.0 Å². The molecule has 0 aliphatic heterocycles. The summed E-state index contributed by atoms with van der Waals surface area (Å²) in [4.78, 5) is 0. The smallest absolute Gasteiger partial charge is 0.212 e. The molecular formula is C6H16N2O2S3. The molecule has 3 N–H and O–H groups in total. The van der Waals surface area contributed by atoms with E-state index in [9.17, 15) is 8.42 Å². The third-order valence-electron chi connectivity index (χ3n) is 1.20. The van der Waals surface area contributed by atoms with E-state index in [-0.39, 0.29) is 5.75 Å². The zero-order chi connectivity index (χ0) is 10.2. The average molecular weight is 244 g/mol. The van der Waals surface area contributed by atoms with Crippen LogP contribution >= 0.6 is 24.4 Å². The van der Waals surface area contributed by atoms with Gasteiger partial charge in [0.15, 0.2) is 0 Å². The maximum atomic E-state index is 11.2. The van der Waals surface area contributed by atoms with Crippen LogP contribution in [0.5, 0.6) is 0 Å². The highest BCUT2D eigenvalue weighted by Crippen LogP contribution is 2.01. The molecule has 0 aliphatic rings. The van der Waals surface area contributed by atoms with Crippen molar-refractivity contribution in [3.8, 4) is 0 Å². The van der Waals surface area contributed by atoms with Gasteiger partial charge in [0.25, 0.3) is 0 Å². The Bertz CT molecular complexity index is 206. The Morgan fingerprint density at radius 1 is 1.38 bits per heavy atom. The molecule has 0 atom stereocenters. The molecule has 4 nitrogen and oxygen atoms in total. The van der Waals surface area contributed by atoms with Crippen molar-refractivity contribution in [1.82, 2.24) is 4.72 Å². The highest BCUT2D eigenvalue weighted by molar-refractivity contribution is 8.01. The first-order valence-corrected chi connectivity index (χ1v) is 7.42. The number of thioether (sulfide) groups is 1. The number of hydrogen-bond donors (Lipinski definition) is 3. The fourth-order valence-electron chi connectivity index (χ4n) is 0.622. The van der Waals surface area contributed by atoms with Crippen molar-refractivity contribution in [3.63, 3.8) is 0 Å². The second kappa shape index (κ2) is 7.93. The summed E-state index contributed by atoms with van der Waals surface area (Å²) in [5, 5.41) is 0. The van der Waals surface area contributed by atoms with E-state index in [0.29, 0.717) is 18.8 Å². The third-order valence-corrected chi connectivity index (χ3v) is 4.35. The van der Waals surface area contributed by atoms with Crippen LogP contribution in [0.15, 0.2) is 0 Å². The Balaban J connectivity index is 3.52. The van der Waals surface area contributed by atoms with Gasteiger partial charge in [-0.05, 0) is 5.75 Å².